The Morgan fingerprint density at radius 2 is 1.12 bits per heavy atom. The van der Waals surface area contributed by atoms with Crippen molar-refractivity contribution in [2.75, 3.05) is 0 Å². The van der Waals surface area contributed by atoms with Gasteiger partial charge >= 0.3 is 0 Å². The van der Waals surface area contributed by atoms with Crippen LogP contribution in [0.15, 0.2) is 46.4 Å². The van der Waals surface area contributed by atoms with Crippen molar-refractivity contribution in [3.8, 4) is 0 Å². The third kappa shape index (κ3) is 5.23. The highest BCUT2D eigenvalue weighted by Gasteiger charge is 2.23. The van der Waals surface area contributed by atoms with Crippen LogP contribution in [-0.2, 0) is 0 Å². The summed E-state index contributed by atoms with van der Waals surface area (Å²) in [7, 11) is 0. The van der Waals surface area contributed by atoms with Gasteiger partial charge < -0.3 is 0 Å². The first-order valence-corrected chi connectivity index (χ1v) is 10.0. The smallest absolute Gasteiger partial charge is 0.0723 e. The van der Waals surface area contributed by atoms with Gasteiger partial charge in [-0.2, -0.15) is 0 Å². The zero-order valence-corrected chi connectivity index (χ0v) is 17.0. The van der Waals surface area contributed by atoms with Crippen molar-refractivity contribution >= 4 is 58.8 Å². The van der Waals surface area contributed by atoms with E-state index in [1.54, 1.807) is 12.1 Å². The molecule has 2 unspecified atom stereocenters. The van der Waals surface area contributed by atoms with E-state index in [4.69, 9.17) is 56.4 Å². The molecule has 2 nitrogen and oxygen atoms in total. The molecule has 6 heteroatoms. The van der Waals surface area contributed by atoms with Crippen LogP contribution in [0.25, 0.3) is 0 Å². The van der Waals surface area contributed by atoms with E-state index in [2.05, 4.69) is 0 Å². The lowest BCUT2D eigenvalue weighted by atomic mass is 9.91. The Bertz CT molecular complexity index is 763. The van der Waals surface area contributed by atoms with Crippen LogP contribution >= 0.6 is 46.4 Å². The summed E-state index contributed by atoms with van der Waals surface area (Å²) in [4.78, 5) is 9.51. The number of rotatable bonds is 4. The Hall–Kier alpha value is -1.06. The molecular weight excluding hydrogens is 410 g/mol. The Kier molecular flexibility index (Phi) is 6.99. The summed E-state index contributed by atoms with van der Waals surface area (Å²) in [5.41, 5.74) is 1.73. The van der Waals surface area contributed by atoms with Crippen molar-refractivity contribution in [3.63, 3.8) is 0 Å². The second-order valence-electron chi connectivity index (χ2n) is 6.31. The predicted octanol–water partition coefficient (Wildman–Crippen LogP) is 7.15. The summed E-state index contributed by atoms with van der Waals surface area (Å²) in [6.07, 6.45) is 7.99. The summed E-state index contributed by atoms with van der Waals surface area (Å²) in [6.45, 7) is 0. The molecule has 1 fully saturated rings. The van der Waals surface area contributed by atoms with Crippen LogP contribution in [0.1, 0.15) is 36.8 Å². The maximum Gasteiger partial charge on any atom is 0.0723 e. The SMILES string of the molecule is Clc1ccc(C=NC2CCCCC2N=Cc2ccc(Cl)cc2Cl)c(Cl)c1. The molecule has 136 valence electrons. The van der Waals surface area contributed by atoms with Gasteiger partial charge in [-0.3, -0.25) is 9.98 Å². The van der Waals surface area contributed by atoms with E-state index in [0.717, 1.165) is 36.8 Å². The van der Waals surface area contributed by atoms with Gasteiger partial charge in [-0.05, 0) is 37.1 Å². The van der Waals surface area contributed by atoms with E-state index in [9.17, 15) is 0 Å². The van der Waals surface area contributed by atoms with Crippen molar-refractivity contribution in [3.05, 3.63) is 67.6 Å². The van der Waals surface area contributed by atoms with E-state index < -0.39 is 0 Å². The van der Waals surface area contributed by atoms with Crippen LogP contribution in [-0.4, -0.2) is 24.5 Å². The van der Waals surface area contributed by atoms with E-state index in [1.165, 1.54) is 0 Å². The highest BCUT2D eigenvalue weighted by Crippen LogP contribution is 2.26. The molecule has 0 bridgehead atoms. The van der Waals surface area contributed by atoms with Gasteiger partial charge in [-0.15, -0.1) is 0 Å². The molecule has 0 N–H and O–H groups in total. The monoisotopic (exact) mass is 426 g/mol. The first-order chi connectivity index (χ1) is 12.5. The molecule has 0 amide bonds. The molecule has 0 aliphatic heterocycles. The lowest BCUT2D eigenvalue weighted by molar-refractivity contribution is 0.390. The number of halogens is 4. The zero-order valence-electron chi connectivity index (χ0n) is 14.0. The third-order valence-electron chi connectivity index (χ3n) is 4.43. The number of nitrogens with zero attached hydrogens (tertiary/aromatic N) is 2. The van der Waals surface area contributed by atoms with Crippen molar-refractivity contribution in [2.24, 2.45) is 9.98 Å². The van der Waals surface area contributed by atoms with Crippen LogP contribution in [0.4, 0.5) is 0 Å². The van der Waals surface area contributed by atoms with Gasteiger partial charge in [0, 0.05) is 33.6 Å². The quantitative estimate of drug-likeness (QED) is 0.462. The molecule has 1 saturated carbocycles. The second kappa shape index (κ2) is 9.23. The summed E-state index contributed by atoms with van der Waals surface area (Å²) < 4.78 is 0. The fraction of sp³-hybridized carbons (Fsp3) is 0.300. The third-order valence-corrected chi connectivity index (χ3v) is 5.55. The summed E-state index contributed by atoms with van der Waals surface area (Å²) in [6, 6.07) is 11.1. The molecule has 2 aromatic carbocycles. The minimum atomic E-state index is 0.137. The van der Waals surface area contributed by atoms with Crippen LogP contribution in [0.2, 0.25) is 20.1 Å². The molecule has 0 saturated heterocycles. The highest BCUT2D eigenvalue weighted by molar-refractivity contribution is 6.36. The number of hydrogen-bond acceptors (Lipinski definition) is 2. The minimum Gasteiger partial charge on any atom is -0.287 e. The predicted molar refractivity (Wildman–Crippen MR) is 114 cm³/mol. The summed E-state index contributed by atoms with van der Waals surface area (Å²) >= 11 is 24.3. The van der Waals surface area contributed by atoms with E-state index >= 15 is 0 Å². The van der Waals surface area contributed by atoms with Crippen molar-refractivity contribution in [1.29, 1.82) is 0 Å². The Morgan fingerprint density at radius 1 is 0.692 bits per heavy atom. The Morgan fingerprint density at radius 3 is 1.50 bits per heavy atom. The first-order valence-electron chi connectivity index (χ1n) is 8.49. The minimum absolute atomic E-state index is 0.137. The topological polar surface area (TPSA) is 24.7 Å². The van der Waals surface area contributed by atoms with Crippen LogP contribution in [0.5, 0.6) is 0 Å². The van der Waals surface area contributed by atoms with Gasteiger partial charge in [0.2, 0.25) is 0 Å². The van der Waals surface area contributed by atoms with E-state index in [-0.39, 0.29) is 12.1 Å². The molecule has 0 aromatic heterocycles. The Balaban J connectivity index is 1.75. The highest BCUT2D eigenvalue weighted by atomic mass is 35.5. The van der Waals surface area contributed by atoms with Crippen LogP contribution in [0.3, 0.4) is 0 Å². The lowest BCUT2D eigenvalue weighted by Gasteiger charge is -2.25. The normalized spacial score (nSPS) is 20.9. The fourth-order valence-corrected chi connectivity index (χ4v) is 3.92. The molecule has 2 aromatic rings. The van der Waals surface area contributed by atoms with Crippen LogP contribution in [0, 0.1) is 0 Å². The maximum atomic E-state index is 6.22. The van der Waals surface area contributed by atoms with Gasteiger partial charge in [-0.25, -0.2) is 0 Å². The molecule has 26 heavy (non-hydrogen) atoms. The zero-order chi connectivity index (χ0) is 18.5. The van der Waals surface area contributed by atoms with E-state index in [1.807, 2.05) is 36.7 Å². The number of benzene rings is 2. The van der Waals surface area contributed by atoms with Gasteiger partial charge in [-0.1, -0.05) is 71.4 Å². The first kappa shape index (κ1) is 19.7. The van der Waals surface area contributed by atoms with Gasteiger partial charge in [0.15, 0.2) is 0 Å². The summed E-state index contributed by atoms with van der Waals surface area (Å²) in [5, 5.41) is 2.44. The number of aliphatic imine (C=N–C) groups is 2. The molecule has 3 rings (SSSR count). The molecular formula is C20H18Cl4N2. The van der Waals surface area contributed by atoms with Gasteiger partial charge in [0.05, 0.1) is 22.1 Å². The second-order valence-corrected chi connectivity index (χ2v) is 7.99. The average Bonchev–Trinajstić information content (AvgIpc) is 2.61. The largest absolute Gasteiger partial charge is 0.287 e. The molecule has 1 aliphatic carbocycles. The van der Waals surface area contributed by atoms with E-state index in [0.29, 0.717) is 20.1 Å². The molecule has 0 radical (unpaired) electrons. The van der Waals surface area contributed by atoms with Crippen molar-refractivity contribution < 1.29 is 0 Å². The standard InChI is InChI=1S/C20H18Cl4N2/c21-15-7-5-13(17(23)9-15)11-25-19-3-1-2-4-20(19)26-12-14-6-8-16(22)10-18(14)24/h5-12,19-20H,1-4H2. The Labute approximate surface area is 173 Å². The molecule has 2 atom stereocenters. The number of hydrogen-bond donors (Lipinski definition) is 0. The van der Waals surface area contributed by atoms with Crippen LogP contribution < -0.4 is 0 Å². The van der Waals surface area contributed by atoms with Gasteiger partial charge in [0.25, 0.3) is 0 Å². The average molecular weight is 428 g/mol. The molecule has 0 spiro atoms. The van der Waals surface area contributed by atoms with Gasteiger partial charge in [0.1, 0.15) is 0 Å². The van der Waals surface area contributed by atoms with Crippen molar-refractivity contribution in [2.45, 2.75) is 37.8 Å². The van der Waals surface area contributed by atoms with Crippen molar-refractivity contribution in [1.82, 2.24) is 0 Å². The summed E-state index contributed by atoms with van der Waals surface area (Å²) in [5.74, 6) is 0. The molecule has 0 heterocycles. The fourth-order valence-electron chi connectivity index (χ4n) is 3.00. The molecule has 1 aliphatic rings. The lowest BCUT2D eigenvalue weighted by Crippen LogP contribution is -2.27. The maximum absolute atomic E-state index is 6.22.